The quantitative estimate of drug-likeness (QED) is 0.902. The molecular weight excluding hydrogens is 260 g/mol. The predicted molar refractivity (Wildman–Crippen MR) is 87.5 cm³/mol. The molecule has 0 amide bonds. The summed E-state index contributed by atoms with van der Waals surface area (Å²) in [5.74, 6) is 1.89. The Morgan fingerprint density at radius 1 is 1.14 bits per heavy atom. The van der Waals surface area contributed by atoms with Crippen LogP contribution in [0.4, 0.5) is 5.82 Å². The molecule has 2 fully saturated rings. The molecule has 2 saturated heterocycles. The minimum atomic E-state index is 0.921. The molecule has 1 N–H and O–H groups in total. The highest BCUT2D eigenvalue weighted by molar-refractivity contribution is 5.36. The third kappa shape index (κ3) is 4.17. The number of aromatic nitrogens is 1. The molecule has 0 aromatic carbocycles. The molecule has 0 spiro atoms. The monoisotopic (exact) mass is 288 g/mol. The highest BCUT2D eigenvalue weighted by Gasteiger charge is 2.22. The Balaban J connectivity index is 1.44. The maximum absolute atomic E-state index is 4.29. The molecule has 116 valence electrons. The second-order valence-electron chi connectivity index (χ2n) is 6.53. The van der Waals surface area contributed by atoms with Crippen molar-refractivity contribution < 1.29 is 0 Å². The molecule has 3 rings (SSSR count). The minimum Gasteiger partial charge on any atom is -0.373 e. The van der Waals surface area contributed by atoms with E-state index in [1.165, 1.54) is 64.0 Å². The van der Waals surface area contributed by atoms with Crippen LogP contribution in [-0.2, 0) is 6.54 Å². The fraction of sp³-hybridized carbons (Fsp3) is 0.706. The standard InChI is InChI=1S/C17H28N4/c1-18-17-12-16(4-7-19-17)14-21-10-5-15(6-11-21)13-20-8-2-3-9-20/h4,7,12,15H,2-3,5-6,8-11,13-14H2,1H3,(H,18,19). The van der Waals surface area contributed by atoms with E-state index in [4.69, 9.17) is 0 Å². The summed E-state index contributed by atoms with van der Waals surface area (Å²) in [7, 11) is 1.93. The van der Waals surface area contributed by atoms with E-state index in [-0.39, 0.29) is 0 Å². The number of piperidine rings is 1. The van der Waals surface area contributed by atoms with Crippen LogP contribution in [0.1, 0.15) is 31.2 Å². The summed E-state index contributed by atoms with van der Waals surface area (Å²) in [5.41, 5.74) is 1.37. The Labute approximate surface area is 128 Å². The van der Waals surface area contributed by atoms with E-state index in [9.17, 15) is 0 Å². The third-order valence-electron chi connectivity index (χ3n) is 4.91. The van der Waals surface area contributed by atoms with Gasteiger partial charge in [0, 0.05) is 26.3 Å². The normalized spacial score (nSPS) is 21.8. The van der Waals surface area contributed by atoms with Crippen molar-refractivity contribution in [1.29, 1.82) is 0 Å². The SMILES string of the molecule is CNc1cc(CN2CCC(CN3CCCC3)CC2)ccn1. The first-order valence-corrected chi connectivity index (χ1v) is 8.41. The van der Waals surface area contributed by atoms with Crippen LogP contribution >= 0.6 is 0 Å². The summed E-state index contributed by atoms with van der Waals surface area (Å²) in [5, 5.41) is 3.12. The van der Waals surface area contributed by atoms with Gasteiger partial charge in [0.05, 0.1) is 0 Å². The van der Waals surface area contributed by atoms with Gasteiger partial charge in [0.1, 0.15) is 5.82 Å². The van der Waals surface area contributed by atoms with Crippen molar-refractivity contribution in [3.63, 3.8) is 0 Å². The average molecular weight is 288 g/mol. The van der Waals surface area contributed by atoms with Gasteiger partial charge < -0.3 is 10.2 Å². The molecule has 0 bridgehead atoms. The van der Waals surface area contributed by atoms with Crippen LogP contribution in [0, 0.1) is 5.92 Å². The zero-order chi connectivity index (χ0) is 14.5. The largest absolute Gasteiger partial charge is 0.373 e. The molecule has 4 nitrogen and oxygen atoms in total. The summed E-state index contributed by atoms with van der Waals surface area (Å²) in [4.78, 5) is 9.55. The van der Waals surface area contributed by atoms with Crippen molar-refractivity contribution in [3.05, 3.63) is 23.9 Å². The van der Waals surface area contributed by atoms with Gasteiger partial charge in [-0.05, 0) is 75.5 Å². The van der Waals surface area contributed by atoms with Gasteiger partial charge in [-0.2, -0.15) is 0 Å². The zero-order valence-corrected chi connectivity index (χ0v) is 13.2. The van der Waals surface area contributed by atoms with E-state index in [1.807, 2.05) is 13.2 Å². The molecule has 0 atom stereocenters. The summed E-state index contributed by atoms with van der Waals surface area (Å²) in [6.45, 7) is 7.57. The van der Waals surface area contributed by atoms with Crippen molar-refractivity contribution in [1.82, 2.24) is 14.8 Å². The number of hydrogen-bond donors (Lipinski definition) is 1. The summed E-state index contributed by atoms with van der Waals surface area (Å²) >= 11 is 0. The van der Waals surface area contributed by atoms with E-state index in [0.29, 0.717) is 0 Å². The molecule has 3 heterocycles. The highest BCUT2D eigenvalue weighted by Crippen LogP contribution is 2.22. The van der Waals surface area contributed by atoms with Gasteiger partial charge in [-0.25, -0.2) is 4.98 Å². The maximum Gasteiger partial charge on any atom is 0.125 e. The lowest BCUT2D eigenvalue weighted by Gasteiger charge is -2.33. The number of hydrogen-bond acceptors (Lipinski definition) is 4. The van der Waals surface area contributed by atoms with Gasteiger partial charge in [-0.15, -0.1) is 0 Å². The molecule has 2 aliphatic heterocycles. The molecule has 21 heavy (non-hydrogen) atoms. The van der Waals surface area contributed by atoms with Crippen molar-refractivity contribution in [2.24, 2.45) is 5.92 Å². The number of rotatable bonds is 5. The van der Waals surface area contributed by atoms with E-state index in [0.717, 1.165) is 18.3 Å². The summed E-state index contributed by atoms with van der Waals surface area (Å²) in [6, 6.07) is 4.30. The zero-order valence-electron chi connectivity index (χ0n) is 13.2. The van der Waals surface area contributed by atoms with E-state index < -0.39 is 0 Å². The van der Waals surface area contributed by atoms with Crippen molar-refractivity contribution in [3.8, 4) is 0 Å². The van der Waals surface area contributed by atoms with Crippen molar-refractivity contribution in [2.45, 2.75) is 32.2 Å². The van der Waals surface area contributed by atoms with E-state index in [1.54, 1.807) is 0 Å². The summed E-state index contributed by atoms with van der Waals surface area (Å²) < 4.78 is 0. The second-order valence-corrected chi connectivity index (χ2v) is 6.53. The Bertz CT molecular complexity index is 434. The predicted octanol–water partition coefficient (Wildman–Crippen LogP) is 2.43. The Morgan fingerprint density at radius 2 is 1.90 bits per heavy atom. The Morgan fingerprint density at radius 3 is 2.62 bits per heavy atom. The van der Waals surface area contributed by atoms with Crippen LogP contribution in [0.5, 0.6) is 0 Å². The Hall–Kier alpha value is -1.13. The number of anilines is 1. The van der Waals surface area contributed by atoms with Crippen LogP contribution in [0.15, 0.2) is 18.3 Å². The first-order valence-electron chi connectivity index (χ1n) is 8.41. The van der Waals surface area contributed by atoms with Crippen LogP contribution in [-0.4, -0.2) is 54.6 Å². The van der Waals surface area contributed by atoms with Crippen LogP contribution < -0.4 is 5.32 Å². The van der Waals surface area contributed by atoms with Crippen LogP contribution in [0.2, 0.25) is 0 Å². The first kappa shape index (κ1) is 14.8. The molecule has 4 heteroatoms. The van der Waals surface area contributed by atoms with Crippen molar-refractivity contribution >= 4 is 5.82 Å². The highest BCUT2D eigenvalue weighted by atomic mass is 15.2. The maximum atomic E-state index is 4.29. The molecule has 0 radical (unpaired) electrons. The smallest absolute Gasteiger partial charge is 0.125 e. The average Bonchev–Trinajstić information content (AvgIpc) is 3.02. The van der Waals surface area contributed by atoms with E-state index >= 15 is 0 Å². The van der Waals surface area contributed by atoms with Gasteiger partial charge in [0.25, 0.3) is 0 Å². The first-order chi connectivity index (χ1) is 10.3. The lowest BCUT2D eigenvalue weighted by Crippen LogP contribution is -2.37. The lowest BCUT2D eigenvalue weighted by atomic mass is 9.96. The molecule has 2 aliphatic rings. The fourth-order valence-electron chi connectivity index (χ4n) is 3.63. The number of pyridine rings is 1. The molecule has 0 saturated carbocycles. The molecule has 0 aliphatic carbocycles. The van der Waals surface area contributed by atoms with Crippen molar-refractivity contribution in [2.75, 3.05) is 45.1 Å². The van der Waals surface area contributed by atoms with Gasteiger partial charge in [-0.3, -0.25) is 4.90 Å². The minimum absolute atomic E-state index is 0.921. The van der Waals surface area contributed by atoms with Gasteiger partial charge in [0.15, 0.2) is 0 Å². The lowest BCUT2D eigenvalue weighted by molar-refractivity contribution is 0.149. The van der Waals surface area contributed by atoms with Gasteiger partial charge in [-0.1, -0.05) is 0 Å². The third-order valence-corrected chi connectivity index (χ3v) is 4.91. The fourth-order valence-corrected chi connectivity index (χ4v) is 3.63. The molecule has 1 aromatic rings. The number of nitrogens with zero attached hydrogens (tertiary/aromatic N) is 3. The van der Waals surface area contributed by atoms with Crippen LogP contribution in [0.3, 0.4) is 0 Å². The van der Waals surface area contributed by atoms with E-state index in [2.05, 4.69) is 32.2 Å². The van der Waals surface area contributed by atoms with Crippen LogP contribution in [0.25, 0.3) is 0 Å². The summed E-state index contributed by atoms with van der Waals surface area (Å²) in [6.07, 6.45) is 7.45. The number of likely N-dealkylation sites (tertiary alicyclic amines) is 2. The second kappa shape index (κ2) is 7.23. The van der Waals surface area contributed by atoms with Gasteiger partial charge in [0.2, 0.25) is 0 Å². The molecular formula is C17H28N4. The number of nitrogens with one attached hydrogen (secondary N) is 1. The topological polar surface area (TPSA) is 31.4 Å². The molecule has 0 unspecified atom stereocenters. The Kier molecular flexibility index (Phi) is 5.09. The van der Waals surface area contributed by atoms with Gasteiger partial charge >= 0.3 is 0 Å². The molecule has 1 aromatic heterocycles.